The lowest BCUT2D eigenvalue weighted by molar-refractivity contribution is -0.479. The smallest absolute Gasteiger partial charge is 0.325 e. The molecule has 2 heterocycles. The van der Waals surface area contributed by atoms with Crippen LogP contribution in [0.15, 0.2) is 48.7 Å². The highest BCUT2D eigenvalue weighted by Gasteiger charge is 2.16. The maximum atomic E-state index is 5.65. The van der Waals surface area contributed by atoms with Gasteiger partial charge >= 0.3 is 5.82 Å². The van der Waals surface area contributed by atoms with Crippen LogP contribution < -0.4 is 4.74 Å². The first-order valence-electron chi connectivity index (χ1n) is 5.18. The first-order valence-corrected chi connectivity index (χ1v) is 5.18. The van der Waals surface area contributed by atoms with E-state index in [1.165, 1.54) is 0 Å². The molecule has 0 bridgehead atoms. The van der Waals surface area contributed by atoms with Crippen molar-refractivity contribution in [2.24, 2.45) is 0 Å². The van der Waals surface area contributed by atoms with Gasteiger partial charge < -0.3 is 4.74 Å². The van der Waals surface area contributed by atoms with Crippen LogP contribution in [0.3, 0.4) is 0 Å². The number of rotatable bonds is 1. The normalized spacial score (nSPS) is 13.6. The van der Waals surface area contributed by atoms with Crippen molar-refractivity contribution in [2.75, 3.05) is 6.73 Å². The van der Waals surface area contributed by atoms with Crippen molar-refractivity contribution < 1.29 is 9.31 Å². The highest BCUT2D eigenvalue weighted by atomic mass is 16.5. The van der Waals surface area contributed by atoms with Gasteiger partial charge in [0.15, 0.2) is 0 Å². The van der Waals surface area contributed by atoms with E-state index in [1.54, 1.807) is 6.20 Å². The van der Waals surface area contributed by atoms with Gasteiger partial charge in [-0.1, -0.05) is 18.2 Å². The maximum Gasteiger partial charge on any atom is 0.325 e. The fraction of sp³-hybridized carbons (Fsp3) is 0.0769. The van der Waals surface area contributed by atoms with Crippen LogP contribution in [0.25, 0.3) is 0 Å². The van der Waals surface area contributed by atoms with Gasteiger partial charge in [0, 0.05) is 6.07 Å². The number of hydrogen-bond acceptors (Lipinski definition) is 2. The molecule has 1 aromatic carbocycles. The summed E-state index contributed by atoms with van der Waals surface area (Å²) in [5.74, 6) is 1.83. The van der Waals surface area contributed by atoms with Gasteiger partial charge in [-0.05, 0) is 23.2 Å². The molecule has 3 heteroatoms. The second kappa shape index (κ2) is 3.77. The molecule has 0 fully saturated rings. The standard InChI is InChI=1S/C13H11N2O/c1-2-6-12-11(5-1)9-15(10-16-12)13-7-3-4-8-14-13/h1-9H,10H2/q+1. The van der Waals surface area contributed by atoms with Gasteiger partial charge in [0.25, 0.3) is 0 Å². The molecular weight excluding hydrogens is 200 g/mol. The van der Waals surface area contributed by atoms with Crippen molar-refractivity contribution in [3.8, 4) is 5.75 Å². The van der Waals surface area contributed by atoms with Gasteiger partial charge in [0.05, 0.1) is 5.56 Å². The maximum absolute atomic E-state index is 5.65. The molecule has 3 nitrogen and oxygen atoms in total. The van der Waals surface area contributed by atoms with E-state index in [0.29, 0.717) is 6.73 Å². The summed E-state index contributed by atoms with van der Waals surface area (Å²) < 4.78 is 7.63. The molecule has 0 saturated carbocycles. The Labute approximate surface area is 93.7 Å². The molecule has 1 aliphatic rings. The lowest BCUT2D eigenvalue weighted by Gasteiger charge is -2.14. The third-order valence-electron chi connectivity index (χ3n) is 2.52. The molecule has 1 aliphatic heterocycles. The Morgan fingerprint density at radius 2 is 1.94 bits per heavy atom. The van der Waals surface area contributed by atoms with Crippen molar-refractivity contribution in [1.82, 2.24) is 4.98 Å². The fourth-order valence-electron chi connectivity index (χ4n) is 1.72. The topological polar surface area (TPSA) is 25.1 Å². The van der Waals surface area contributed by atoms with Gasteiger partial charge in [0.1, 0.15) is 18.2 Å². The van der Waals surface area contributed by atoms with Crippen molar-refractivity contribution in [3.05, 3.63) is 54.2 Å². The number of ether oxygens (including phenoxy) is 1. The van der Waals surface area contributed by atoms with Gasteiger partial charge in [-0.15, -0.1) is 0 Å². The molecule has 0 saturated heterocycles. The van der Waals surface area contributed by atoms with Crippen LogP contribution in [0.2, 0.25) is 0 Å². The van der Waals surface area contributed by atoms with Crippen LogP contribution in [0.1, 0.15) is 5.56 Å². The summed E-state index contributed by atoms with van der Waals surface area (Å²) in [7, 11) is 0. The number of nitrogens with zero attached hydrogens (tertiary/aromatic N) is 2. The minimum atomic E-state index is 0.508. The van der Waals surface area contributed by atoms with Crippen molar-refractivity contribution in [3.63, 3.8) is 0 Å². The molecule has 16 heavy (non-hydrogen) atoms. The van der Waals surface area contributed by atoms with Crippen LogP contribution in [-0.4, -0.2) is 22.5 Å². The molecule has 0 aliphatic carbocycles. The van der Waals surface area contributed by atoms with Gasteiger partial charge in [-0.25, -0.2) is 0 Å². The largest absolute Gasteiger partial charge is 0.454 e. The third kappa shape index (κ3) is 1.56. The van der Waals surface area contributed by atoms with E-state index < -0.39 is 0 Å². The lowest BCUT2D eigenvalue weighted by Crippen LogP contribution is -2.21. The predicted molar refractivity (Wildman–Crippen MR) is 61.3 cm³/mol. The predicted octanol–water partition coefficient (Wildman–Crippen LogP) is 2.19. The van der Waals surface area contributed by atoms with Gasteiger partial charge in [-0.3, -0.25) is 0 Å². The first-order chi connectivity index (χ1) is 7.93. The Morgan fingerprint density at radius 1 is 1.06 bits per heavy atom. The Morgan fingerprint density at radius 3 is 2.81 bits per heavy atom. The average molecular weight is 211 g/mol. The summed E-state index contributed by atoms with van der Waals surface area (Å²) in [6, 6.07) is 13.8. The zero-order valence-corrected chi connectivity index (χ0v) is 8.71. The number of aromatic nitrogens is 1. The second-order valence-electron chi connectivity index (χ2n) is 3.60. The summed E-state index contributed by atoms with van der Waals surface area (Å²) in [5.41, 5.74) is 1.08. The van der Waals surface area contributed by atoms with E-state index in [2.05, 4.69) is 11.2 Å². The fourth-order valence-corrected chi connectivity index (χ4v) is 1.72. The molecule has 78 valence electrons. The first kappa shape index (κ1) is 9.09. The molecule has 0 radical (unpaired) electrons. The molecule has 2 aromatic rings. The minimum absolute atomic E-state index is 0.508. The zero-order chi connectivity index (χ0) is 10.8. The molecular formula is C13H11N2O+. The van der Waals surface area contributed by atoms with Crippen LogP contribution >= 0.6 is 0 Å². The summed E-state index contributed by atoms with van der Waals surface area (Å²) in [6.45, 7) is 0.508. The van der Waals surface area contributed by atoms with E-state index in [-0.39, 0.29) is 0 Å². The molecule has 0 amide bonds. The number of fused-ring (bicyclic) bond motifs is 1. The van der Waals surface area contributed by atoms with E-state index in [0.717, 1.165) is 17.1 Å². The number of para-hydroxylation sites is 1. The summed E-state index contributed by atoms with van der Waals surface area (Å²) >= 11 is 0. The second-order valence-corrected chi connectivity index (χ2v) is 3.60. The van der Waals surface area contributed by atoms with Crippen molar-refractivity contribution in [2.45, 2.75) is 0 Å². The molecule has 3 rings (SSSR count). The molecule has 1 aromatic heterocycles. The van der Waals surface area contributed by atoms with Crippen molar-refractivity contribution in [1.29, 1.82) is 0 Å². The molecule has 0 N–H and O–H groups in total. The van der Waals surface area contributed by atoms with Crippen LogP contribution in [0.4, 0.5) is 5.82 Å². The summed E-state index contributed by atoms with van der Waals surface area (Å²) in [4.78, 5) is 4.29. The Balaban J connectivity index is 2.04. The molecule has 0 spiro atoms. The highest BCUT2D eigenvalue weighted by Crippen LogP contribution is 2.20. The van der Waals surface area contributed by atoms with E-state index in [9.17, 15) is 0 Å². The Kier molecular flexibility index (Phi) is 2.14. The van der Waals surface area contributed by atoms with Crippen LogP contribution in [-0.2, 0) is 0 Å². The van der Waals surface area contributed by atoms with Crippen LogP contribution in [0, 0.1) is 0 Å². The van der Waals surface area contributed by atoms with E-state index in [1.807, 2.05) is 47.0 Å². The van der Waals surface area contributed by atoms with Gasteiger partial charge in [0.2, 0.25) is 6.73 Å². The number of hydrogen-bond donors (Lipinski definition) is 0. The summed E-state index contributed by atoms with van der Waals surface area (Å²) in [5, 5.41) is 0. The average Bonchev–Trinajstić information content (AvgIpc) is 2.39. The number of pyridine rings is 1. The van der Waals surface area contributed by atoms with E-state index >= 15 is 0 Å². The summed E-state index contributed by atoms with van der Waals surface area (Å²) in [6.07, 6.45) is 3.84. The van der Waals surface area contributed by atoms with E-state index in [4.69, 9.17) is 4.74 Å². The van der Waals surface area contributed by atoms with Gasteiger partial charge in [-0.2, -0.15) is 4.58 Å². The highest BCUT2D eigenvalue weighted by molar-refractivity contribution is 5.81. The monoisotopic (exact) mass is 211 g/mol. The Bertz CT molecular complexity index is 535. The molecule has 0 unspecified atom stereocenters. The van der Waals surface area contributed by atoms with Crippen molar-refractivity contribution >= 4 is 12.0 Å². The lowest BCUT2D eigenvalue weighted by atomic mass is 10.2. The SMILES string of the molecule is C1=[N+](c2ccccn2)COc2ccccc21. The Hall–Kier alpha value is -2.16. The minimum Gasteiger partial charge on any atom is -0.454 e. The third-order valence-corrected chi connectivity index (χ3v) is 2.52. The zero-order valence-electron chi connectivity index (χ0n) is 8.71. The van der Waals surface area contributed by atoms with Crippen LogP contribution in [0.5, 0.6) is 5.75 Å². The molecule has 0 atom stereocenters. The number of benzene rings is 1. The quantitative estimate of drug-likeness (QED) is 0.675.